The Bertz CT molecular complexity index is 1030. The minimum Gasteiger partial charge on any atom is -0.494 e. The Morgan fingerprint density at radius 2 is 1.50 bits per heavy atom. The number of para-hydroxylation sites is 4. The number of ether oxygens (including phenoxy) is 2. The summed E-state index contributed by atoms with van der Waals surface area (Å²) in [6.07, 6.45) is 0.694. The lowest BCUT2D eigenvalue weighted by atomic mass is 10.1. The largest absolute Gasteiger partial charge is 0.494 e. The van der Waals surface area contributed by atoms with Crippen LogP contribution in [-0.2, 0) is 0 Å². The van der Waals surface area contributed by atoms with Gasteiger partial charge in [0.2, 0.25) is 0 Å². The van der Waals surface area contributed by atoms with Gasteiger partial charge in [0.05, 0.1) is 18.0 Å². The predicted molar refractivity (Wildman–Crippen MR) is 117 cm³/mol. The number of rotatable bonds is 6. The molecule has 0 unspecified atom stereocenters. The van der Waals surface area contributed by atoms with Gasteiger partial charge < -0.3 is 20.9 Å². The van der Waals surface area contributed by atoms with Crippen LogP contribution in [0.3, 0.4) is 0 Å². The fourth-order valence-electron chi connectivity index (χ4n) is 3.21. The third kappa shape index (κ3) is 4.05. The van der Waals surface area contributed by atoms with Crippen molar-refractivity contribution >= 4 is 23.2 Å². The number of guanidine groups is 1. The molecule has 1 heterocycles. The third-order valence-electron chi connectivity index (χ3n) is 4.60. The maximum absolute atomic E-state index is 13.4. The van der Waals surface area contributed by atoms with E-state index in [0.717, 1.165) is 0 Å². The number of fused-ring (bicyclic) bond motifs is 2. The second kappa shape index (κ2) is 8.57. The number of carbonyl (C=O) groups excluding carboxylic acids is 1. The van der Waals surface area contributed by atoms with Gasteiger partial charge in [0.25, 0.3) is 5.91 Å². The molecule has 0 radical (unpaired) electrons. The van der Waals surface area contributed by atoms with Crippen molar-refractivity contribution in [1.29, 1.82) is 0 Å². The summed E-state index contributed by atoms with van der Waals surface area (Å²) < 4.78 is 11.6. The van der Waals surface area contributed by atoms with E-state index in [0.29, 0.717) is 53.8 Å². The first-order valence-corrected chi connectivity index (χ1v) is 9.62. The molecule has 7 nitrogen and oxygen atoms in total. The maximum atomic E-state index is 13.4. The molecule has 1 amide bonds. The molecule has 0 aliphatic carbocycles. The van der Waals surface area contributed by atoms with Gasteiger partial charge in [-0.25, -0.2) is 0 Å². The summed E-state index contributed by atoms with van der Waals surface area (Å²) >= 11 is 0. The number of amides is 1. The lowest BCUT2D eigenvalue weighted by Gasteiger charge is -2.31. The van der Waals surface area contributed by atoms with Gasteiger partial charge in [-0.3, -0.25) is 14.7 Å². The highest BCUT2D eigenvalue weighted by Crippen LogP contribution is 2.46. The number of carbonyl (C=O) groups is 1. The van der Waals surface area contributed by atoms with Crippen molar-refractivity contribution in [3.05, 3.63) is 78.4 Å². The topological polar surface area (TPSA) is 103 Å². The van der Waals surface area contributed by atoms with Crippen molar-refractivity contribution in [3.63, 3.8) is 0 Å². The van der Waals surface area contributed by atoms with Gasteiger partial charge in [-0.05, 0) is 48.5 Å². The molecular weight excluding hydrogens is 380 g/mol. The summed E-state index contributed by atoms with van der Waals surface area (Å²) in [5.41, 5.74) is 12.6. The van der Waals surface area contributed by atoms with Gasteiger partial charge in [-0.2, -0.15) is 0 Å². The van der Waals surface area contributed by atoms with Crippen molar-refractivity contribution < 1.29 is 14.3 Å². The van der Waals surface area contributed by atoms with E-state index >= 15 is 0 Å². The van der Waals surface area contributed by atoms with E-state index in [2.05, 4.69) is 4.99 Å². The Morgan fingerprint density at radius 3 is 2.10 bits per heavy atom. The first kappa shape index (κ1) is 19.3. The summed E-state index contributed by atoms with van der Waals surface area (Å²) in [5, 5.41) is 0. The molecule has 3 aromatic carbocycles. The van der Waals surface area contributed by atoms with E-state index in [4.69, 9.17) is 20.9 Å². The molecule has 4 N–H and O–H groups in total. The summed E-state index contributed by atoms with van der Waals surface area (Å²) in [5.74, 6) is 1.90. The quantitative estimate of drug-likeness (QED) is 0.371. The van der Waals surface area contributed by atoms with E-state index in [1.165, 1.54) is 0 Å². The second-order valence-electron chi connectivity index (χ2n) is 6.71. The molecule has 1 aliphatic heterocycles. The normalized spacial score (nSPS) is 11.7. The Hall–Kier alpha value is -4.00. The van der Waals surface area contributed by atoms with Crippen LogP contribution in [0.15, 0.2) is 77.8 Å². The molecule has 0 saturated heterocycles. The molecular formula is C23H22N4O3. The third-order valence-corrected chi connectivity index (χ3v) is 4.60. The number of anilines is 2. The van der Waals surface area contributed by atoms with E-state index in [-0.39, 0.29) is 11.9 Å². The summed E-state index contributed by atoms with van der Waals surface area (Å²) in [4.78, 5) is 19.0. The van der Waals surface area contributed by atoms with Crippen molar-refractivity contribution in [2.45, 2.75) is 6.42 Å². The Balaban J connectivity index is 1.52. The number of benzene rings is 3. The Morgan fingerprint density at radius 1 is 0.900 bits per heavy atom. The van der Waals surface area contributed by atoms with Crippen LogP contribution < -0.4 is 25.8 Å². The van der Waals surface area contributed by atoms with Crippen LogP contribution in [0.2, 0.25) is 0 Å². The molecule has 3 aromatic rings. The van der Waals surface area contributed by atoms with Crippen LogP contribution >= 0.6 is 0 Å². The molecule has 0 saturated carbocycles. The van der Waals surface area contributed by atoms with Gasteiger partial charge in [0.1, 0.15) is 5.75 Å². The molecule has 0 bridgehead atoms. The van der Waals surface area contributed by atoms with Crippen LogP contribution in [0.4, 0.5) is 11.4 Å². The minimum atomic E-state index is -0.141. The SMILES string of the molecule is NC(N)=NCCCOc1ccc(C(=O)N2c3ccccc3Oc3ccccc32)cc1. The summed E-state index contributed by atoms with van der Waals surface area (Å²) in [6.45, 7) is 0.989. The van der Waals surface area contributed by atoms with Crippen molar-refractivity contribution in [2.24, 2.45) is 16.5 Å². The molecule has 152 valence electrons. The minimum absolute atomic E-state index is 0.0733. The second-order valence-corrected chi connectivity index (χ2v) is 6.71. The van der Waals surface area contributed by atoms with Gasteiger partial charge in [-0.1, -0.05) is 24.3 Å². The van der Waals surface area contributed by atoms with Crippen LogP contribution in [0, 0.1) is 0 Å². The highest BCUT2D eigenvalue weighted by Gasteiger charge is 2.29. The van der Waals surface area contributed by atoms with E-state index in [1.807, 2.05) is 48.5 Å². The van der Waals surface area contributed by atoms with Gasteiger partial charge in [0, 0.05) is 18.5 Å². The zero-order valence-electron chi connectivity index (χ0n) is 16.3. The average Bonchev–Trinajstić information content (AvgIpc) is 2.77. The first-order chi connectivity index (χ1) is 14.6. The number of hydrogen-bond donors (Lipinski definition) is 2. The molecule has 0 atom stereocenters. The average molecular weight is 402 g/mol. The Kier molecular flexibility index (Phi) is 5.52. The smallest absolute Gasteiger partial charge is 0.263 e. The fourth-order valence-corrected chi connectivity index (χ4v) is 3.21. The fraction of sp³-hybridized carbons (Fsp3) is 0.130. The van der Waals surface area contributed by atoms with E-state index in [9.17, 15) is 4.79 Å². The molecule has 30 heavy (non-hydrogen) atoms. The molecule has 0 spiro atoms. The maximum Gasteiger partial charge on any atom is 0.263 e. The zero-order chi connectivity index (χ0) is 20.9. The standard InChI is InChI=1S/C23H22N4O3/c24-23(25)26-14-5-15-29-17-12-10-16(11-13-17)22(28)27-18-6-1-3-8-20(18)30-21-9-4-2-7-19(21)27/h1-4,6-13H,5,14-15H2,(H4,24,25,26). The van der Waals surface area contributed by atoms with Crippen LogP contribution in [0.25, 0.3) is 0 Å². The monoisotopic (exact) mass is 402 g/mol. The number of hydrogen-bond acceptors (Lipinski definition) is 4. The van der Waals surface area contributed by atoms with E-state index < -0.39 is 0 Å². The molecule has 7 heteroatoms. The van der Waals surface area contributed by atoms with Crippen LogP contribution in [0.1, 0.15) is 16.8 Å². The van der Waals surface area contributed by atoms with Gasteiger partial charge >= 0.3 is 0 Å². The molecule has 4 rings (SSSR count). The van der Waals surface area contributed by atoms with Crippen molar-refractivity contribution in [3.8, 4) is 17.2 Å². The molecule has 1 aliphatic rings. The Labute approximate surface area is 174 Å². The number of nitrogens with two attached hydrogens (primary N) is 2. The molecule has 0 fully saturated rings. The van der Waals surface area contributed by atoms with Crippen molar-refractivity contribution in [2.75, 3.05) is 18.1 Å². The highest BCUT2D eigenvalue weighted by molar-refractivity contribution is 6.13. The van der Waals surface area contributed by atoms with E-state index in [1.54, 1.807) is 29.2 Å². The lowest BCUT2D eigenvalue weighted by molar-refractivity contribution is 0.0997. The highest BCUT2D eigenvalue weighted by atomic mass is 16.5. The molecule has 0 aromatic heterocycles. The number of aliphatic imine (C=N–C) groups is 1. The van der Waals surface area contributed by atoms with Crippen LogP contribution in [0.5, 0.6) is 17.2 Å². The van der Waals surface area contributed by atoms with Gasteiger partial charge in [0.15, 0.2) is 17.5 Å². The van der Waals surface area contributed by atoms with Gasteiger partial charge in [-0.15, -0.1) is 0 Å². The zero-order valence-corrected chi connectivity index (χ0v) is 16.3. The first-order valence-electron chi connectivity index (χ1n) is 9.62. The number of nitrogens with zero attached hydrogens (tertiary/aromatic N) is 2. The van der Waals surface area contributed by atoms with Crippen LogP contribution in [-0.4, -0.2) is 25.0 Å². The predicted octanol–water partition coefficient (Wildman–Crippen LogP) is 3.81. The van der Waals surface area contributed by atoms with Crippen molar-refractivity contribution in [1.82, 2.24) is 0 Å². The summed E-state index contributed by atoms with van der Waals surface area (Å²) in [7, 11) is 0. The lowest BCUT2D eigenvalue weighted by Crippen LogP contribution is -2.28. The summed E-state index contributed by atoms with van der Waals surface area (Å²) in [6, 6.07) is 22.1.